The van der Waals surface area contributed by atoms with E-state index in [1.54, 1.807) is 14.2 Å². The minimum absolute atomic E-state index is 0.143. The van der Waals surface area contributed by atoms with Crippen LogP contribution in [0.15, 0.2) is 24.3 Å². The second-order valence-electron chi connectivity index (χ2n) is 3.95. The maximum atomic E-state index is 11.6. The topological polar surface area (TPSA) is 67.4 Å². The van der Waals surface area contributed by atoms with Crippen LogP contribution in [-0.2, 0) is 16.6 Å². The Morgan fingerprint density at radius 1 is 1.22 bits per heavy atom. The summed E-state index contributed by atoms with van der Waals surface area (Å²) in [6, 6.07) is 7.30. The first kappa shape index (κ1) is 14.9. The Morgan fingerprint density at radius 3 is 2.44 bits per heavy atom. The summed E-state index contributed by atoms with van der Waals surface area (Å²) >= 11 is 0. The Bertz CT molecular complexity index is 443. The number of benzene rings is 1. The van der Waals surface area contributed by atoms with E-state index in [-0.39, 0.29) is 5.75 Å². The normalized spacial score (nSPS) is 11.4. The lowest BCUT2D eigenvalue weighted by atomic mass is 10.2. The molecule has 0 saturated carbocycles. The van der Waals surface area contributed by atoms with Crippen LogP contribution in [0.25, 0.3) is 0 Å². The molecule has 0 saturated heterocycles. The molecule has 0 bridgehead atoms. The third-order valence-corrected chi connectivity index (χ3v) is 3.91. The number of methoxy groups -OCH3 is 1. The molecule has 2 N–H and O–H groups in total. The van der Waals surface area contributed by atoms with Gasteiger partial charge in [0.05, 0.1) is 12.9 Å². The van der Waals surface area contributed by atoms with E-state index in [1.807, 2.05) is 24.3 Å². The third-order valence-electron chi connectivity index (χ3n) is 2.50. The van der Waals surface area contributed by atoms with Crippen LogP contribution in [0.3, 0.4) is 0 Å². The summed E-state index contributed by atoms with van der Waals surface area (Å²) < 4.78 is 30.9. The summed E-state index contributed by atoms with van der Waals surface area (Å²) in [6.45, 7) is 1.01. The Labute approximate surface area is 109 Å². The van der Waals surface area contributed by atoms with Gasteiger partial charge >= 0.3 is 0 Å². The van der Waals surface area contributed by atoms with Crippen LogP contribution in [0.5, 0.6) is 5.75 Å². The monoisotopic (exact) mass is 272 g/mol. The summed E-state index contributed by atoms with van der Waals surface area (Å²) in [5.41, 5.74) is 0.910. The Balaban J connectivity index is 2.43. The molecule has 5 nitrogen and oxygen atoms in total. The molecule has 0 amide bonds. The third kappa shape index (κ3) is 5.48. The lowest BCUT2D eigenvalue weighted by Crippen LogP contribution is -2.27. The van der Waals surface area contributed by atoms with Crippen LogP contribution in [0.1, 0.15) is 12.0 Å². The van der Waals surface area contributed by atoms with Gasteiger partial charge in [-0.2, -0.15) is 0 Å². The molecular formula is C12H20N2O3S. The summed E-state index contributed by atoms with van der Waals surface area (Å²) in [7, 11) is 0.211. The van der Waals surface area contributed by atoms with Gasteiger partial charge < -0.3 is 10.1 Å². The second kappa shape index (κ2) is 7.35. The van der Waals surface area contributed by atoms with Crippen LogP contribution in [0, 0.1) is 0 Å². The number of nitrogens with one attached hydrogen (secondary N) is 2. The molecule has 0 aliphatic rings. The molecule has 1 aromatic carbocycles. The largest absolute Gasteiger partial charge is 0.497 e. The van der Waals surface area contributed by atoms with Crippen molar-refractivity contribution in [2.24, 2.45) is 0 Å². The van der Waals surface area contributed by atoms with Crippen molar-refractivity contribution in [2.45, 2.75) is 13.0 Å². The van der Waals surface area contributed by atoms with E-state index in [1.165, 1.54) is 0 Å². The molecule has 102 valence electrons. The lowest BCUT2D eigenvalue weighted by molar-refractivity contribution is 0.414. The Hall–Kier alpha value is -1.11. The minimum Gasteiger partial charge on any atom is -0.497 e. The quantitative estimate of drug-likeness (QED) is 0.684. The molecule has 0 fully saturated rings. The fourth-order valence-corrected chi connectivity index (χ4v) is 2.50. The minimum atomic E-state index is -3.19. The van der Waals surface area contributed by atoms with E-state index in [4.69, 9.17) is 4.74 Å². The molecule has 0 atom stereocenters. The molecule has 0 radical (unpaired) electrons. The number of hydrogen-bond donors (Lipinski definition) is 2. The Morgan fingerprint density at radius 2 is 1.89 bits per heavy atom. The Kier molecular flexibility index (Phi) is 6.11. The smallest absolute Gasteiger partial charge is 0.211 e. The van der Waals surface area contributed by atoms with Gasteiger partial charge in [0.25, 0.3) is 0 Å². The van der Waals surface area contributed by atoms with E-state index in [0.29, 0.717) is 19.5 Å². The van der Waals surface area contributed by atoms with E-state index in [9.17, 15) is 8.42 Å². The van der Waals surface area contributed by atoms with Crippen molar-refractivity contribution in [3.05, 3.63) is 29.8 Å². The molecule has 18 heavy (non-hydrogen) atoms. The molecule has 0 unspecified atom stereocenters. The van der Waals surface area contributed by atoms with Gasteiger partial charge in [-0.15, -0.1) is 0 Å². The fraction of sp³-hybridized carbons (Fsp3) is 0.500. The summed E-state index contributed by atoms with van der Waals surface area (Å²) in [5.74, 6) is 0.903. The zero-order chi connectivity index (χ0) is 13.4. The van der Waals surface area contributed by atoms with Crippen LogP contribution in [-0.4, -0.2) is 34.9 Å². The molecule has 6 heteroatoms. The van der Waals surface area contributed by atoms with Crippen molar-refractivity contribution in [3.8, 4) is 5.75 Å². The van der Waals surface area contributed by atoms with Crippen molar-refractivity contribution in [1.82, 2.24) is 10.0 Å². The molecule has 1 aromatic rings. The first-order valence-electron chi connectivity index (χ1n) is 5.82. The predicted molar refractivity (Wildman–Crippen MR) is 72.2 cm³/mol. The van der Waals surface area contributed by atoms with Gasteiger partial charge in [-0.1, -0.05) is 12.1 Å². The van der Waals surface area contributed by atoms with Crippen molar-refractivity contribution in [2.75, 3.05) is 26.5 Å². The van der Waals surface area contributed by atoms with E-state index in [2.05, 4.69) is 10.0 Å². The fourth-order valence-electron chi connectivity index (χ4n) is 1.45. The van der Waals surface area contributed by atoms with Crippen LogP contribution < -0.4 is 14.8 Å². The molecule has 0 aliphatic heterocycles. The number of rotatable bonds is 8. The van der Waals surface area contributed by atoms with Gasteiger partial charge in [-0.25, -0.2) is 13.1 Å². The highest BCUT2D eigenvalue weighted by Crippen LogP contribution is 2.11. The number of ether oxygens (including phenoxy) is 1. The first-order chi connectivity index (χ1) is 8.57. The van der Waals surface area contributed by atoms with Crippen molar-refractivity contribution >= 4 is 10.0 Å². The van der Waals surface area contributed by atoms with Gasteiger partial charge in [0, 0.05) is 6.54 Å². The molecule has 1 rings (SSSR count). The summed E-state index contributed by atoms with van der Waals surface area (Å²) in [5, 5.41) is 2.92. The van der Waals surface area contributed by atoms with Gasteiger partial charge in [0.15, 0.2) is 0 Å². The van der Waals surface area contributed by atoms with Gasteiger partial charge in [-0.05, 0) is 37.7 Å². The predicted octanol–water partition coefficient (Wildman–Crippen LogP) is 0.724. The number of hydrogen-bond acceptors (Lipinski definition) is 4. The van der Waals surface area contributed by atoms with Crippen LogP contribution >= 0.6 is 0 Å². The molecular weight excluding hydrogens is 252 g/mol. The number of sulfonamides is 1. The summed E-state index contributed by atoms with van der Waals surface area (Å²) in [6.07, 6.45) is 0.606. The molecule has 0 aliphatic carbocycles. The molecule has 0 heterocycles. The average Bonchev–Trinajstić information content (AvgIpc) is 2.37. The van der Waals surface area contributed by atoms with Crippen molar-refractivity contribution in [3.63, 3.8) is 0 Å². The van der Waals surface area contributed by atoms with Crippen LogP contribution in [0.4, 0.5) is 0 Å². The van der Waals surface area contributed by atoms with E-state index >= 15 is 0 Å². The summed E-state index contributed by atoms with van der Waals surface area (Å²) in [4.78, 5) is 0. The molecule has 0 aromatic heterocycles. The standard InChI is InChI=1S/C12H20N2O3S/c1-13-8-3-9-18(15,16)14-10-11-4-6-12(17-2)7-5-11/h4-7,13-14H,3,8-10H2,1-2H3. The van der Waals surface area contributed by atoms with Gasteiger partial charge in [0.2, 0.25) is 10.0 Å². The first-order valence-corrected chi connectivity index (χ1v) is 7.47. The average molecular weight is 272 g/mol. The zero-order valence-corrected chi connectivity index (χ0v) is 11.6. The van der Waals surface area contributed by atoms with E-state index < -0.39 is 10.0 Å². The molecule has 0 spiro atoms. The highest BCUT2D eigenvalue weighted by atomic mass is 32.2. The highest BCUT2D eigenvalue weighted by Gasteiger charge is 2.08. The second-order valence-corrected chi connectivity index (χ2v) is 5.87. The highest BCUT2D eigenvalue weighted by molar-refractivity contribution is 7.89. The lowest BCUT2D eigenvalue weighted by Gasteiger charge is -2.07. The van der Waals surface area contributed by atoms with Crippen molar-refractivity contribution < 1.29 is 13.2 Å². The van der Waals surface area contributed by atoms with Crippen molar-refractivity contribution in [1.29, 1.82) is 0 Å². The van der Waals surface area contributed by atoms with E-state index in [0.717, 1.165) is 11.3 Å². The van der Waals surface area contributed by atoms with Gasteiger partial charge in [0.1, 0.15) is 5.75 Å². The van der Waals surface area contributed by atoms with Crippen LogP contribution in [0.2, 0.25) is 0 Å². The maximum absolute atomic E-state index is 11.6. The SMILES string of the molecule is CNCCCS(=O)(=O)NCc1ccc(OC)cc1. The van der Waals surface area contributed by atoms with Gasteiger partial charge in [-0.3, -0.25) is 0 Å². The maximum Gasteiger partial charge on any atom is 0.211 e. The zero-order valence-electron chi connectivity index (χ0n) is 10.8.